The number of nitrogens with one attached hydrogen (secondary N) is 1. The minimum Gasteiger partial charge on any atom is -0.490 e. The molecule has 0 spiro atoms. The fourth-order valence-corrected chi connectivity index (χ4v) is 3.25. The minimum atomic E-state index is -0.803. The molecule has 0 radical (unpaired) electrons. The molecule has 0 aliphatic rings. The third-order valence-electron chi connectivity index (χ3n) is 4.62. The Hall–Kier alpha value is -1.55. The van der Waals surface area contributed by atoms with Gasteiger partial charge < -0.3 is 14.8 Å². The van der Waals surface area contributed by atoms with Gasteiger partial charge in [-0.15, -0.1) is 0 Å². The van der Waals surface area contributed by atoms with Crippen LogP contribution in [0, 0.1) is 18.8 Å². The molecule has 0 aromatic heterocycles. The molecule has 0 saturated heterocycles. The average molecular weight is 364 g/mol. The first-order valence-electron chi connectivity index (χ1n) is 9.77. The summed E-state index contributed by atoms with van der Waals surface area (Å²) >= 11 is 0. The van der Waals surface area contributed by atoms with Crippen molar-refractivity contribution in [2.24, 2.45) is 11.8 Å². The quantitative estimate of drug-likeness (QED) is 0.589. The Kier molecular flexibility index (Phi) is 8.61. The normalized spacial score (nSPS) is 13.2. The van der Waals surface area contributed by atoms with E-state index in [1.807, 2.05) is 25.1 Å². The fraction of sp³-hybridized carbons (Fsp3) is 0.682. The van der Waals surface area contributed by atoms with Gasteiger partial charge in [-0.1, -0.05) is 34.6 Å². The lowest BCUT2D eigenvalue weighted by molar-refractivity contribution is -0.142. The van der Waals surface area contributed by atoms with Gasteiger partial charge in [0.2, 0.25) is 0 Å². The molecule has 1 aromatic carbocycles. The Labute approximate surface area is 159 Å². The molecule has 148 valence electrons. The van der Waals surface area contributed by atoms with Crippen molar-refractivity contribution < 1.29 is 14.3 Å². The summed E-state index contributed by atoms with van der Waals surface area (Å²) in [6, 6.07) is 5.78. The zero-order valence-corrected chi connectivity index (χ0v) is 17.8. The van der Waals surface area contributed by atoms with Gasteiger partial charge in [-0.2, -0.15) is 0 Å². The predicted molar refractivity (Wildman–Crippen MR) is 109 cm³/mol. The maximum Gasteiger partial charge on any atom is 0.256 e. The van der Waals surface area contributed by atoms with Crippen molar-refractivity contribution >= 4 is 11.6 Å². The van der Waals surface area contributed by atoms with Crippen LogP contribution in [0.15, 0.2) is 18.2 Å². The highest BCUT2D eigenvalue weighted by Gasteiger charge is 2.39. The summed E-state index contributed by atoms with van der Waals surface area (Å²) in [7, 11) is 1.64. The SMILES string of the molecule is CC[C@@H](C)Oc1ccc(NC(=O)C(CC(C)C)(CC(C)C)OC)cc1C. The van der Waals surface area contributed by atoms with Gasteiger partial charge >= 0.3 is 0 Å². The molecule has 0 aliphatic heterocycles. The van der Waals surface area contributed by atoms with E-state index in [0.717, 1.165) is 23.4 Å². The summed E-state index contributed by atoms with van der Waals surface area (Å²) in [5, 5.41) is 3.06. The number of methoxy groups -OCH3 is 1. The Morgan fingerprint density at radius 1 is 1.12 bits per heavy atom. The summed E-state index contributed by atoms with van der Waals surface area (Å²) < 4.78 is 11.7. The number of rotatable bonds is 10. The third kappa shape index (κ3) is 6.31. The summed E-state index contributed by atoms with van der Waals surface area (Å²) in [6.45, 7) is 14.6. The largest absolute Gasteiger partial charge is 0.490 e. The van der Waals surface area contributed by atoms with E-state index in [9.17, 15) is 4.79 Å². The molecule has 0 heterocycles. The van der Waals surface area contributed by atoms with Gasteiger partial charge in [0.05, 0.1) is 6.10 Å². The minimum absolute atomic E-state index is 0.0719. The zero-order valence-electron chi connectivity index (χ0n) is 17.8. The van der Waals surface area contributed by atoms with Gasteiger partial charge in [0.15, 0.2) is 0 Å². The Morgan fingerprint density at radius 3 is 2.12 bits per heavy atom. The number of carbonyl (C=O) groups excluding carboxylic acids is 1. The lowest BCUT2D eigenvalue weighted by Gasteiger charge is -2.34. The van der Waals surface area contributed by atoms with Crippen LogP contribution < -0.4 is 10.1 Å². The van der Waals surface area contributed by atoms with Crippen LogP contribution in [0.3, 0.4) is 0 Å². The molecule has 1 aromatic rings. The summed E-state index contributed by atoms with van der Waals surface area (Å²) in [4.78, 5) is 13.1. The van der Waals surface area contributed by atoms with Crippen LogP contribution in [0.2, 0.25) is 0 Å². The monoisotopic (exact) mass is 363 g/mol. The van der Waals surface area contributed by atoms with Crippen molar-refractivity contribution in [1.82, 2.24) is 0 Å². The van der Waals surface area contributed by atoms with Gasteiger partial charge in [-0.05, 0) is 68.7 Å². The smallest absolute Gasteiger partial charge is 0.256 e. The molecule has 0 aliphatic carbocycles. The van der Waals surface area contributed by atoms with Crippen molar-refractivity contribution in [2.45, 2.75) is 79.4 Å². The summed E-state index contributed by atoms with van der Waals surface area (Å²) in [5.41, 5.74) is 0.985. The van der Waals surface area contributed by atoms with Crippen molar-refractivity contribution in [3.8, 4) is 5.75 Å². The number of aryl methyl sites for hydroxylation is 1. The number of benzene rings is 1. The van der Waals surface area contributed by atoms with Crippen molar-refractivity contribution in [2.75, 3.05) is 12.4 Å². The number of carbonyl (C=O) groups is 1. The molecule has 26 heavy (non-hydrogen) atoms. The van der Waals surface area contributed by atoms with E-state index in [2.05, 4.69) is 46.9 Å². The highest BCUT2D eigenvalue weighted by atomic mass is 16.5. The Morgan fingerprint density at radius 2 is 1.69 bits per heavy atom. The summed E-state index contributed by atoms with van der Waals surface area (Å²) in [6.07, 6.45) is 2.52. The van der Waals surface area contributed by atoms with Crippen molar-refractivity contribution in [1.29, 1.82) is 0 Å². The number of anilines is 1. The first-order valence-corrected chi connectivity index (χ1v) is 9.77. The molecule has 0 unspecified atom stereocenters. The number of hydrogen-bond acceptors (Lipinski definition) is 3. The maximum atomic E-state index is 13.1. The molecular weight excluding hydrogens is 326 g/mol. The number of amides is 1. The highest BCUT2D eigenvalue weighted by molar-refractivity contribution is 5.97. The van der Waals surface area contributed by atoms with Crippen LogP contribution in [0.5, 0.6) is 5.75 Å². The lowest BCUT2D eigenvalue weighted by Crippen LogP contribution is -2.46. The fourth-order valence-electron chi connectivity index (χ4n) is 3.25. The van der Waals surface area contributed by atoms with Gasteiger partial charge in [-0.25, -0.2) is 0 Å². The second-order valence-corrected chi connectivity index (χ2v) is 8.17. The van der Waals surface area contributed by atoms with Crippen LogP contribution in [-0.4, -0.2) is 24.7 Å². The molecule has 1 rings (SSSR count). The molecule has 4 heteroatoms. The van der Waals surface area contributed by atoms with Gasteiger partial charge in [0.1, 0.15) is 11.4 Å². The van der Waals surface area contributed by atoms with E-state index in [1.165, 1.54) is 0 Å². The van der Waals surface area contributed by atoms with E-state index >= 15 is 0 Å². The van der Waals surface area contributed by atoms with Crippen LogP contribution in [0.4, 0.5) is 5.69 Å². The molecular formula is C22H37NO3. The van der Waals surface area contributed by atoms with Crippen LogP contribution >= 0.6 is 0 Å². The van der Waals surface area contributed by atoms with Gasteiger partial charge in [0.25, 0.3) is 5.91 Å². The molecule has 0 saturated carbocycles. The second-order valence-electron chi connectivity index (χ2n) is 8.17. The van der Waals surface area contributed by atoms with Crippen LogP contribution in [0.25, 0.3) is 0 Å². The standard InChI is InChI=1S/C22H37NO3/c1-9-18(7)26-20-11-10-19(12-17(20)6)23-21(24)22(25-8,13-15(2)3)14-16(4)5/h10-12,15-16,18H,9,13-14H2,1-8H3,(H,23,24)/t18-/m1/s1. The first-order chi connectivity index (χ1) is 12.1. The zero-order chi connectivity index (χ0) is 19.9. The first kappa shape index (κ1) is 22.5. The Balaban J connectivity index is 2.99. The number of hydrogen-bond donors (Lipinski definition) is 1. The Bertz CT molecular complexity index is 571. The molecule has 0 fully saturated rings. The van der Waals surface area contributed by atoms with E-state index in [0.29, 0.717) is 24.7 Å². The van der Waals surface area contributed by atoms with E-state index < -0.39 is 5.60 Å². The molecule has 1 amide bonds. The lowest BCUT2D eigenvalue weighted by atomic mass is 9.84. The van der Waals surface area contributed by atoms with E-state index in [4.69, 9.17) is 9.47 Å². The van der Waals surface area contributed by atoms with Gasteiger partial charge in [-0.3, -0.25) is 4.79 Å². The van der Waals surface area contributed by atoms with Crippen LogP contribution in [0.1, 0.15) is 66.4 Å². The van der Waals surface area contributed by atoms with E-state index in [-0.39, 0.29) is 12.0 Å². The molecule has 1 atom stereocenters. The van der Waals surface area contributed by atoms with Crippen molar-refractivity contribution in [3.63, 3.8) is 0 Å². The highest BCUT2D eigenvalue weighted by Crippen LogP contribution is 2.31. The summed E-state index contributed by atoms with van der Waals surface area (Å²) in [5.74, 6) is 1.53. The van der Waals surface area contributed by atoms with Crippen molar-refractivity contribution in [3.05, 3.63) is 23.8 Å². The predicted octanol–water partition coefficient (Wildman–Crippen LogP) is 5.59. The average Bonchev–Trinajstić information content (AvgIpc) is 2.55. The molecule has 0 bridgehead atoms. The van der Waals surface area contributed by atoms with Crippen LogP contribution in [-0.2, 0) is 9.53 Å². The topological polar surface area (TPSA) is 47.6 Å². The maximum absolute atomic E-state index is 13.1. The van der Waals surface area contributed by atoms with E-state index in [1.54, 1.807) is 7.11 Å². The second kappa shape index (κ2) is 9.96. The molecule has 1 N–H and O–H groups in total. The van der Waals surface area contributed by atoms with Gasteiger partial charge in [0, 0.05) is 12.8 Å². The third-order valence-corrected chi connectivity index (χ3v) is 4.62. The molecule has 4 nitrogen and oxygen atoms in total. The number of ether oxygens (including phenoxy) is 2.